The van der Waals surface area contributed by atoms with E-state index >= 15 is 0 Å². The van der Waals surface area contributed by atoms with E-state index in [-0.39, 0.29) is 0 Å². The quantitative estimate of drug-likeness (QED) is 0.202. The van der Waals surface area contributed by atoms with Crippen LogP contribution >= 0.6 is 22.6 Å². The lowest BCUT2D eigenvalue weighted by Crippen LogP contribution is -2.33. The van der Waals surface area contributed by atoms with E-state index in [1.807, 2.05) is 42.4 Å². The highest BCUT2D eigenvalue weighted by Gasteiger charge is 2.23. The number of alkyl halides is 1. The Kier molecular flexibility index (Phi) is 49.2. The second-order valence-electron chi connectivity index (χ2n) is 7.59. The van der Waals surface area contributed by atoms with Gasteiger partial charge in [-0.3, -0.25) is 14.4 Å². The summed E-state index contributed by atoms with van der Waals surface area (Å²) in [6, 6.07) is 0.494. The monoisotopic (exact) mass is 588 g/mol. The van der Waals surface area contributed by atoms with Crippen molar-refractivity contribution in [3.63, 3.8) is 0 Å². The lowest BCUT2D eigenvalue weighted by Gasteiger charge is -2.21. The zero-order valence-electron chi connectivity index (χ0n) is 23.8. The van der Waals surface area contributed by atoms with Gasteiger partial charge in [0.15, 0.2) is 0 Å². The summed E-state index contributed by atoms with van der Waals surface area (Å²) in [6.45, 7) is 22.0. The molecular formula is C26H57IN2O4. The van der Waals surface area contributed by atoms with E-state index in [2.05, 4.69) is 61.9 Å². The summed E-state index contributed by atoms with van der Waals surface area (Å²) in [6.07, 6.45) is 8.71. The molecule has 0 unspecified atom stereocenters. The van der Waals surface area contributed by atoms with Crippen molar-refractivity contribution in [3.8, 4) is 0 Å². The second-order valence-corrected chi connectivity index (χ2v) is 7.59. The fourth-order valence-corrected chi connectivity index (χ4v) is 2.69. The molecule has 0 aromatic rings. The molecule has 0 aromatic heterocycles. The van der Waals surface area contributed by atoms with Crippen LogP contribution in [0.3, 0.4) is 0 Å². The van der Waals surface area contributed by atoms with Crippen molar-refractivity contribution < 1.29 is 19.1 Å². The summed E-state index contributed by atoms with van der Waals surface area (Å²) in [4.78, 5) is 36.2. The van der Waals surface area contributed by atoms with Crippen LogP contribution in [0.1, 0.15) is 107 Å². The average molecular weight is 589 g/mol. The molecule has 33 heavy (non-hydrogen) atoms. The van der Waals surface area contributed by atoms with Crippen LogP contribution in [-0.2, 0) is 19.1 Å². The molecule has 7 heteroatoms. The van der Waals surface area contributed by atoms with Gasteiger partial charge in [0.05, 0.1) is 7.11 Å². The maximum Gasteiger partial charge on any atom is 0.292 e. The smallest absolute Gasteiger partial charge is 0.292 e. The maximum absolute atomic E-state index is 11.4. The Hall–Kier alpha value is -0.860. The van der Waals surface area contributed by atoms with Gasteiger partial charge in [0, 0.05) is 32.1 Å². The standard InChI is InChI=1S/C9H17NO.C6H11NO.C4H10.C2H4O2.2C2H6.CH3I/c1-3-5-9(11)10-7-4-6-8(10)2;8-6-7-4-2-1-3-5-7;1-4(2)3;1-4-2-3;3*1-2/h8H,3-7H2,1-2H3;6H,1-5H2;4H,1-3H3;2H,1H3;2*1-2H3;1H3/t8-;;;;;;/m1....../s1. The van der Waals surface area contributed by atoms with Gasteiger partial charge in [-0.15, -0.1) is 0 Å². The third-order valence-corrected chi connectivity index (χ3v) is 3.97. The Labute approximate surface area is 220 Å². The third-order valence-electron chi connectivity index (χ3n) is 3.97. The molecule has 0 N–H and O–H groups in total. The summed E-state index contributed by atoms with van der Waals surface area (Å²) < 4.78 is 3.86. The fraction of sp³-hybridized carbons (Fsp3) is 0.885. The van der Waals surface area contributed by atoms with Crippen molar-refractivity contribution in [2.24, 2.45) is 5.92 Å². The molecule has 2 amide bonds. The number of rotatable bonds is 4. The van der Waals surface area contributed by atoms with E-state index in [0.29, 0.717) is 18.4 Å². The molecule has 0 saturated carbocycles. The number of carbonyl (C=O) groups excluding carboxylic acids is 3. The number of hydrogen-bond acceptors (Lipinski definition) is 4. The lowest BCUT2D eigenvalue weighted by atomic mass is 10.1. The maximum atomic E-state index is 11.4. The molecule has 2 aliphatic heterocycles. The van der Waals surface area contributed by atoms with Crippen LogP contribution in [0.5, 0.6) is 0 Å². The summed E-state index contributed by atoms with van der Waals surface area (Å²) >= 11 is 2.15. The van der Waals surface area contributed by atoms with E-state index in [9.17, 15) is 9.59 Å². The van der Waals surface area contributed by atoms with Crippen LogP contribution in [0.4, 0.5) is 0 Å². The molecule has 2 rings (SSSR count). The van der Waals surface area contributed by atoms with E-state index in [4.69, 9.17) is 4.79 Å². The van der Waals surface area contributed by atoms with Crippen LogP contribution < -0.4 is 0 Å². The Balaban J connectivity index is -0.000000105. The van der Waals surface area contributed by atoms with Gasteiger partial charge in [0.2, 0.25) is 12.3 Å². The van der Waals surface area contributed by atoms with E-state index < -0.39 is 0 Å². The minimum atomic E-state index is 0.345. The fourth-order valence-electron chi connectivity index (χ4n) is 2.69. The first-order valence-electron chi connectivity index (χ1n) is 12.7. The molecule has 0 bridgehead atoms. The first-order valence-corrected chi connectivity index (χ1v) is 14.8. The first-order chi connectivity index (χ1) is 15.8. The zero-order valence-corrected chi connectivity index (χ0v) is 25.9. The predicted octanol–water partition coefficient (Wildman–Crippen LogP) is 6.98. The molecule has 202 valence electrons. The Morgan fingerprint density at radius 2 is 1.39 bits per heavy atom. The molecule has 6 nitrogen and oxygen atoms in total. The third kappa shape index (κ3) is 35.9. The highest BCUT2D eigenvalue weighted by atomic mass is 127. The molecule has 2 saturated heterocycles. The van der Waals surface area contributed by atoms with Crippen molar-refractivity contribution in [3.05, 3.63) is 0 Å². The number of ether oxygens (including phenoxy) is 1. The van der Waals surface area contributed by atoms with E-state index in [0.717, 1.165) is 44.8 Å². The number of carbonyl (C=O) groups is 3. The Morgan fingerprint density at radius 3 is 1.64 bits per heavy atom. The SMILES string of the molecule is CC.CC.CC(C)C.CCCC(=O)N1CCC[C@H]1C.CI.COC=O.O=CN1CCCCC1. The van der Waals surface area contributed by atoms with Gasteiger partial charge < -0.3 is 14.5 Å². The average Bonchev–Trinajstić information content (AvgIpc) is 3.30. The number of hydrogen-bond donors (Lipinski definition) is 0. The largest absolute Gasteiger partial charge is 0.471 e. The van der Waals surface area contributed by atoms with E-state index in [1.165, 1.54) is 39.2 Å². The van der Waals surface area contributed by atoms with Crippen molar-refractivity contribution in [1.29, 1.82) is 0 Å². The molecule has 0 aromatic carbocycles. The zero-order chi connectivity index (χ0) is 27.1. The minimum Gasteiger partial charge on any atom is -0.471 e. The number of amides is 2. The van der Waals surface area contributed by atoms with Gasteiger partial charge in [-0.25, -0.2) is 0 Å². The van der Waals surface area contributed by atoms with Crippen molar-refractivity contribution in [2.45, 2.75) is 113 Å². The van der Waals surface area contributed by atoms with Crippen LogP contribution in [0.15, 0.2) is 0 Å². The lowest BCUT2D eigenvalue weighted by molar-refractivity contribution is -0.131. The van der Waals surface area contributed by atoms with Gasteiger partial charge in [0.1, 0.15) is 0 Å². The molecule has 2 aliphatic rings. The topological polar surface area (TPSA) is 66.9 Å². The Bertz CT molecular complexity index is 375. The van der Waals surface area contributed by atoms with Gasteiger partial charge in [-0.2, -0.15) is 0 Å². The number of piperidine rings is 1. The van der Waals surface area contributed by atoms with Crippen LogP contribution in [-0.4, -0.2) is 66.3 Å². The highest BCUT2D eigenvalue weighted by Crippen LogP contribution is 2.17. The number of likely N-dealkylation sites (tertiary alicyclic amines) is 2. The number of methoxy groups -OCH3 is 1. The van der Waals surface area contributed by atoms with Crippen LogP contribution in [0.2, 0.25) is 0 Å². The summed E-state index contributed by atoms with van der Waals surface area (Å²) in [5.74, 6) is 1.18. The molecule has 0 spiro atoms. The second kappa shape index (κ2) is 38.4. The van der Waals surface area contributed by atoms with Gasteiger partial charge in [-0.1, -0.05) is 78.0 Å². The molecule has 1 atom stereocenters. The first kappa shape index (κ1) is 42.3. The molecular weight excluding hydrogens is 531 g/mol. The Morgan fingerprint density at radius 1 is 0.970 bits per heavy atom. The van der Waals surface area contributed by atoms with Crippen molar-refractivity contribution in [2.75, 3.05) is 31.7 Å². The molecule has 2 fully saturated rings. The van der Waals surface area contributed by atoms with E-state index in [1.54, 1.807) is 0 Å². The molecule has 2 heterocycles. The summed E-state index contributed by atoms with van der Waals surface area (Å²) in [7, 11) is 1.31. The molecule has 0 aliphatic carbocycles. The van der Waals surface area contributed by atoms with Gasteiger partial charge >= 0.3 is 0 Å². The molecule has 0 radical (unpaired) electrons. The summed E-state index contributed by atoms with van der Waals surface area (Å²) in [5.41, 5.74) is 0. The van der Waals surface area contributed by atoms with Crippen molar-refractivity contribution in [1.82, 2.24) is 9.80 Å². The number of nitrogens with zero attached hydrogens (tertiary/aromatic N) is 2. The van der Waals surface area contributed by atoms with Crippen LogP contribution in [0.25, 0.3) is 0 Å². The van der Waals surface area contributed by atoms with Crippen molar-refractivity contribution >= 4 is 41.4 Å². The minimum absolute atomic E-state index is 0.345. The van der Waals surface area contributed by atoms with Gasteiger partial charge in [0.25, 0.3) is 6.47 Å². The normalized spacial score (nSPS) is 15.4. The number of halogens is 1. The predicted molar refractivity (Wildman–Crippen MR) is 153 cm³/mol. The summed E-state index contributed by atoms with van der Waals surface area (Å²) in [5, 5.41) is 0. The van der Waals surface area contributed by atoms with Gasteiger partial charge in [-0.05, 0) is 56.3 Å². The highest BCUT2D eigenvalue weighted by molar-refractivity contribution is 14.1. The van der Waals surface area contributed by atoms with Crippen LogP contribution in [0, 0.1) is 5.92 Å².